The fourth-order valence-corrected chi connectivity index (χ4v) is 1.71. The smallest absolute Gasteiger partial charge is 0.228 e. The monoisotopic (exact) mass is 262 g/mol. The van der Waals surface area contributed by atoms with Gasteiger partial charge in [0.2, 0.25) is 5.78 Å². The molecule has 0 bridgehead atoms. The maximum Gasteiger partial charge on any atom is 0.228 e. The van der Waals surface area contributed by atoms with Gasteiger partial charge in [-0.05, 0) is 32.0 Å². The van der Waals surface area contributed by atoms with Gasteiger partial charge in [-0.15, -0.1) is 0 Å². The number of benzene rings is 1. The molecule has 19 heavy (non-hydrogen) atoms. The van der Waals surface area contributed by atoms with Crippen LogP contribution in [0.2, 0.25) is 0 Å². The lowest BCUT2D eigenvalue weighted by Gasteiger charge is -2.11. The molecule has 1 heterocycles. The summed E-state index contributed by atoms with van der Waals surface area (Å²) in [6, 6.07) is 4.18. The Morgan fingerprint density at radius 3 is 2.68 bits per heavy atom. The molecule has 5 heteroatoms. The molecule has 1 aromatic heterocycles. The second kappa shape index (κ2) is 5.22. The van der Waals surface area contributed by atoms with Gasteiger partial charge in [0.15, 0.2) is 17.4 Å². The van der Waals surface area contributed by atoms with E-state index in [0.29, 0.717) is 0 Å². The number of rotatable bonds is 4. The zero-order chi connectivity index (χ0) is 14.0. The number of hydrogen-bond acceptors (Lipinski definition) is 3. The number of ether oxygens (including phenoxy) is 1. The largest absolute Gasteiger partial charge is 0.488 e. The van der Waals surface area contributed by atoms with E-state index >= 15 is 0 Å². The molecule has 2 rings (SSSR count). The summed E-state index contributed by atoms with van der Waals surface area (Å²) in [5.41, 5.74) is 0.253. The lowest BCUT2D eigenvalue weighted by atomic mass is 10.1. The number of imidazole rings is 1. The summed E-state index contributed by atoms with van der Waals surface area (Å²) in [4.78, 5) is 16.1. The Morgan fingerprint density at radius 1 is 1.42 bits per heavy atom. The van der Waals surface area contributed by atoms with E-state index in [1.165, 1.54) is 24.4 Å². The summed E-state index contributed by atoms with van der Waals surface area (Å²) >= 11 is 0. The first-order valence-corrected chi connectivity index (χ1v) is 5.97. The van der Waals surface area contributed by atoms with Gasteiger partial charge >= 0.3 is 0 Å². The van der Waals surface area contributed by atoms with Crippen LogP contribution in [0.5, 0.6) is 5.75 Å². The number of aryl methyl sites for hydroxylation is 1. The highest BCUT2D eigenvalue weighted by Crippen LogP contribution is 2.21. The molecule has 0 radical (unpaired) electrons. The van der Waals surface area contributed by atoms with Crippen molar-refractivity contribution < 1.29 is 13.9 Å². The predicted molar refractivity (Wildman–Crippen MR) is 68.8 cm³/mol. The van der Waals surface area contributed by atoms with Gasteiger partial charge in [-0.3, -0.25) is 4.79 Å². The quantitative estimate of drug-likeness (QED) is 0.795. The molecule has 0 amide bonds. The van der Waals surface area contributed by atoms with E-state index in [1.54, 1.807) is 17.8 Å². The summed E-state index contributed by atoms with van der Waals surface area (Å²) in [7, 11) is 1.72. The number of hydrogen-bond donors (Lipinski definition) is 0. The van der Waals surface area contributed by atoms with E-state index < -0.39 is 5.82 Å². The number of ketones is 1. The molecule has 0 atom stereocenters. The Labute approximate surface area is 110 Å². The van der Waals surface area contributed by atoms with Crippen molar-refractivity contribution in [1.82, 2.24) is 9.55 Å². The normalized spacial score (nSPS) is 10.8. The van der Waals surface area contributed by atoms with Crippen LogP contribution in [-0.4, -0.2) is 21.4 Å². The van der Waals surface area contributed by atoms with Crippen LogP contribution in [0.25, 0.3) is 0 Å². The van der Waals surface area contributed by atoms with Crippen molar-refractivity contribution in [2.75, 3.05) is 0 Å². The van der Waals surface area contributed by atoms with Crippen LogP contribution in [0.3, 0.4) is 0 Å². The molecule has 2 aromatic rings. The van der Waals surface area contributed by atoms with Gasteiger partial charge in [0.05, 0.1) is 6.10 Å². The Kier molecular flexibility index (Phi) is 3.64. The van der Waals surface area contributed by atoms with Crippen molar-refractivity contribution >= 4 is 5.78 Å². The Morgan fingerprint density at radius 2 is 2.16 bits per heavy atom. The maximum absolute atomic E-state index is 13.8. The van der Waals surface area contributed by atoms with E-state index in [4.69, 9.17) is 4.74 Å². The van der Waals surface area contributed by atoms with E-state index in [1.807, 2.05) is 13.8 Å². The second-order valence-electron chi connectivity index (χ2n) is 4.50. The Bertz CT molecular complexity index is 605. The lowest BCUT2D eigenvalue weighted by molar-refractivity contribution is 0.102. The van der Waals surface area contributed by atoms with Crippen molar-refractivity contribution in [3.05, 3.63) is 47.8 Å². The Balaban J connectivity index is 2.30. The van der Waals surface area contributed by atoms with Crippen LogP contribution in [0.1, 0.15) is 30.0 Å². The minimum Gasteiger partial charge on any atom is -0.488 e. The number of carbonyl (C=O) groups excluding carboxylic acids is 1. The van der Waals surface area contributed by atoms with Crippen LogP contribution in [0.15, 0.2) is 30.6 Å². The van der Waals surface area contributed by atoms with E-state index in [9.17, 15) is 9.18 Å². The lowest BCUT2D eigenvalue weighted by Crippen LogP contribution is -2.10. The fraction of sp³-hybridized carbons (Fsp3) is 0.286. The highest BCUT2D eigenvalue weighted by Gasteiger charge is 2.16. The third kappa shape index (κ3) is 2.81. The van der Waals surface area contributed by atoms with Crippen LogP contribution in [0.4, 0.5) is 4.39 Å². The number of aromatic nitrogens is 2. The summed E-state index contributed by atoms with van der Waals surface area (Å²) in [5, 5.41) is 0. The predicted octanol–water partition coefficient (Wildman–Crippen LogP) is 2.58. The van der Waals surface area contributed by atoms with Crippen molar-refractivity contribution in [2.45, 2.75) is 20.0 Å². The van der Waals surface area contributed by atoms with Crippen LogP contribution in [0, 0.1) is 5.82 Å². The number of carbonyl (C=O) groups is 1. The molecule has 0 unspecified atom stereocenters. The molecular weight excluding hydrogens is 247 g/mol. The molecule has 0 aliphatic carbocycles. The van der Waals surface area contributed by atoms with Gasteiger partial charge in [0, 0.05) is 25.0 Å². The molecule has 100 valence electrons. The fourth-order valence-electron chi connectivity index (χ4n) is 1.71. The molecule has 0 aliphatic rings. The van der Waals surface area contributed by atoms with Crippen LogP contribution < -0.4 is 4.74 Å². The average molecular weight is 262 g/mol. The van der Waals surface area contributed by atoms with E-state index in [2.05, 4.69) is 4.98 Å². The van der Waals surface area contributed by atoms with Crippen molar-refractivity contribution in [2.24, 2.45) is 7.05 Å². The topological polar surface area (TPSA) is 44.1 Å². The SMILES string of the molecule is CC(C)Oc1ccc(C(=O)c2nccn2C)cc1F. The van der Waals surface area contributed by atoms with E-state index in [-0.39, 0.29) is 29.0 Å². The molecule has 0 N–H and O–H groups in total. The molecule has 0 saturated carbocycles. The molecule has 0 saturated heterocycles. The van der Waals surface area contributed by atoms with Crippen molar-refractivity contribution in [3.8, 4) is 5.75 Å². The van der Waals surface area contributed by atoms with Crippen molar-refractivity contribution in [3.63, 3.8) is 0 Å². The summed E-state index contributed by atoms with van der Waals surface area (Å²) < 4.78 is 20.7. The molecule has 0 fully saturated rings. The molecule has 0 aliphatic heterocycles. The van der Waals surface area contributed by atoms with Gasteiger partial charge in [0.25, 0.3) is 0 Å². The highest BCUT2D eigenvalue weighted by atomic mass is 19.1. The van der Waals surface area contributed by atoms with Crippen LogP contribution >= 0.6 is 0 Å². The summed E-state index contributed by atoms with van der Waals surface area (Å²) in [6.07, 6.45) is 3.07. The zero-order valence-electron chi connectivity index (χ0n) is 11.1. The van der Waals surface area contributed by atoms with Gasteiger partial charge in [-0.1, -0.05) is 0 Å². The maximum atomic E-state index is 13.8. The summed E-state index contributed by atoms with van der Waals surface area (Å²) in [6.45, 7) is 3.62. The van der Waals surface area contributed by atoms with Gasteiger partial charge < -0.3 is 9.30 Å². The van der Waals surface area contributed by atoms with Gasteiger partial charge in [-0.2, -0.15) is 0 Å². The zero-order valence-corrected chi connectivity index (χ0v) is 11.1. The first-order valence-electron chi connectivity index (χ1n) is 5.97. The third-order valence-electron chi connectivity index (χ3n) is 2.58. The minimum absolute atomic E-state index is 0.120. The second-order valence-corrected chi connectivity index (χ2v) is 4.50. The van der Waals surface area contributed by atoms with Gasteiger partial charge in [0.1, 0.15) is 0 Å². The van der Waals surface area contributed by atoms with Crippen LogP contribution in [-0.2, 0) is 7.05 Å². The molecule has 1 aromatic carbocycles. The third-order valence-corrected chi connectivity index (χ3v) is 2.58. The first-order chi connectivity index (χ1) is 8.99. The molecule has 0 spiro atoms. The standard InChI is InChI=1S/C14H15FN2O2/c1-9(2)19-12-5-4-10(8-11(12)15)13(18)14-16-6-7-17(14)3/h4-9H,1-3H3. The van der Waals surface area contributed by atoms with Gasteiger partial charge in [-0.25, -0.2) is 9.37 Å². The highest BCUT2D eigenvalue weighted by molar-refractivity contribution is 6.06. The van der Waals surface area contributed by atoms with E-state index in [0.717, 1.165) is 0 Å². The number of halogens is 1. The first kappa shape index (κ1) is 13.3. The molecule has 4 nitrogen and oxygen atoms in total. The molecular formula is C14H15FN2O2. The Hall–Kier alpha value is -2.17. The number of nitrogens with zero attached hydrogens (tertiary/aromatic N) is 2. The van der Waals surface area contributed by atoms with Crippen molar-refractivity contribution in [1.29, 1.82) is 0 Å². The average Bonchev–Trinajstić information content (AvgIpc) is 2.76. The summed E-state index contributed by atoms with van der Waals surface area (Å²) in [5.74, 6) is -0.445. The minimum atomic E-state index is -0.547.